The summed E-state index contributed by atoms with van der Waals surface area (Å²) in [4.78, 5) is 14.2. The average Bonchev–Trinajstić information content (AvgIpc) is 3.64. The van der Waals surface area contributed by atoms with Gasteiger partial charge < -0.3 is 19.1 Å². The molecule has 40 heavy (non-hydrogen) atoms. The molecule has 0 aliphatic carbocycles. The molecule has 0 amide bonds. The summed E-state index contributed by atoms with van der Waals surface area (Å²) in [5, 5.41) is 9.87. The van der Waals surface area contributed by atoms with E-state index in [2.05, 4.69) is 0 Å². The molecule has 0 saturated carbocycles. The van der Waals surface area contributed by atoms with Crippen molar-refractivity contribution in [3.8, 4) is 17.2 Å². The summed E-state index contributed by atoms with van der Waals surface area (Å²) in [7, 11) is -2.71. The second-order valence-corrected chi connectivity index (χ2v) is 11.0. The van der Waals surface area contributed by atoms with E-state index < -0.39 is 15.8 Å². The average molecular weight is 557 g/mol. The highest BCUT2D eigenvalue weighted by atomic mass is 32.2. The highest BCUT2D eigenvalue weighted by Gasteiger charge is 2.30. The first-order valence-electron chi connectivity index (χ1n) is 12.5. The fourth-order valence-corrected chi connectivity index (χ4v) is 5.78. The minimum atomic E-state index is -4.14. The van der Waals surface area contributed by atoms with Crippen molar-refractivity contribution in [3.63, 3.8) is 0 Å². The van der Waals surface area contributed by atoms with Crippen LogP contribution in [0.4, 0.5) is 0 Å². The summed E-state index contributed by atoms with van der Waals surface area (Å²) in [5.41, 5.74) is 2.76. The van der Waals surface area contributed by atoms with Gasteiger partial charge in [0.05, 0.1) is 29.9 Å². The molecule has 9 heteroatoms. The van der Waals surface area contributed by atoms with Crippen LogP contribution >= 0.6 is 0 Å². The molecule has 5 aromatic rings. The molecule has 1 N–H and O–H groups in total. The zero-order valence-corrected chi connectivity index (χ0v) is 22.8. The molecular weight excluding hydrogens is 528 g/mol. The van der Waals surface area contributed by atoms with Gasteiger partial charge in [-0.2, -0.15) is 0 Å². The number of aromatic nitrogens is 2. The van der Waals surface area contributed by atoms with Crippen LogP contribution in [0, 0.1) is 6.92 Å². The number of methoxy groups -OCH3 is 1. The summed E-state index contributed by atoms with van der Waals surface area (Å²) < 4.78 is 41.6. The molecule has 0 aliphatic heterocycles. The topological polar surface area (TPSA) is 99.8 Å². The first-order valence-corrected chi connectivity index (χ1v) is 14.0. The van der Waals surface area contributed by atoms with Gasteiger partial charge in [-0.05, 0) is 55.0 Å². The lowest BCUT2D eigenvalue weighted by Crippen LogP contribution is -2.20. The third-order valence-corrected chi connectivity index (χ3v) is 8.23. The van der Waals surface area contributed by atoms with Crippen LogP contribution in [-0.2, 0) is 23.2 Å². The number of hydrogen-bond acceptors (Lipinski definition) is 6. The fraction of sp³-hybridized carbons (Fsp3) is 0.129. The minimum absolute atomic E-state index is 0.0424. The van der Waals surface area contributed by atoms with Crippen molar-refractivity contribution in [1.29, 1.82) is 0 Å². The fourth-order valence-electron chi connectivity index (χ4n) is 4.44. The van der Waals surface area contributed by atoms with E-state index >= 15 is 0 Å². The van der Waals surface area contributed by atoms with Crippen molar-refractivity contribution in [1.82, 2.24) is 8.54 Å². The van der Waals surface area contributed by atoms with Gasteiger partial charge in [0.15, 0.2) is 0 Å². The SMILES string of the molecule is COc1cc(OCc2ccccc2)ccc1C(=O)c1c(-n2cccc2CO)ccn1S(=O)(=O)c1ccc(C)cc1. The van der Waals surface area contributed by atoms with Gasteiger partial charge in [0.25, 0.3) is 10.0 Å². The van der Waals surface area contributed by atoms with Crippen LogP contribution in [0.3, 0.4) is 0 Å². The van der Waals surface area contributed by atoms with Gasteiger partial charge in [0.1, 0.15) is 23.8 Å². The van der Waals surface area contributed by atoms with Crippen LogP contribution in [0.1, 0.15) is 32.9 Å². The van der Waals surface area contributed by atoms with Gasteiger partial charge in [-0.25, -0.2) is 12.4 Å². The Hall–Kier alpha value is -4.60. The Morgan fingerprint density at radius 2 is 1.65 bits per heavy atom. The van der Waals surface area contributed by atoms with Crippen molar-refractivity contribution in [3.05, 3.63) is 131 Å². The number of aliphatic hydroxyl groups is 1. The predicted molar refractivity (Wildman–Crippen MR) is 151 cm³/mol. The van der Waals surface area contributed by atoms with Crippen molar-refractivity contribution >= 4 is 15.8 Å². The normalized spacial score (nSPS) is 11.4. The zero-order chi connectivity index (χ0) is 28.3. The predicted octanol–water partition coefficient (Wildman–Crippen LogP) is 5.14. The summed E-state index contributed by atoms with van der Waals surface area (Å²) in [6.45, 7) is 1.89. The van der Waals surface area contributed by atoms with Gasteiger partial charge in [0, 0.05) is 24.2 Å². The lowest BCUT2D eigenvalue weighted by atomic mass is 10.1. The lowest BCUT2D eigenvalue weighted by molar-refractivity contribution is 0.103. The van der Waals surface area contributed by atoms with Crippen LogP contribution in [0.25, 0.3) is 5.69 Å². The molecule has 3 aromatic carbocycles. The van der Waals surface area contributed by atoms with Crippen LogP contribution in [0.15, 0.2) is 108 Å². The molecule has 0 atom stereocenters. The Morgan fingerprint density at radius 3 is 2.35 bits per heavy atom. The largest absolute Gasteiger partial charge is 0.496 e. The number of aryl methyl sites for hydroxylation is 1. The van der Waals surface area contributed by atoms with Gasteiger partial charge in [-0.3, -0.25) is 4.79 Å². The Morgan fingerprint density at radius 1 is 0.900 bits per heavy atom. The first-order chi connectivity index (χ1) is 19.3. The van der Waals surface area contributed by atoms with E-state index in [4.69, 9.17) is 9.47 Å². The van der Waals surface area contributed by atoms with E-state index in [0.717, 1.165) is 15.1 Å². The number of carbonyl (C=O) groups excluding carboxylic acids is 1. The summed E-state index contributed by atoms with van der Waals surface area (Å²) in [5.74, 6) is 0.157. The second-order valence-electron chi connectivity index (χ2n) is 9.16. The summed E-state index contributed by atoms with van der Waals surface area (Å²) >= 11 is 0. The monoisotopic (exact) mass is 556 g/mol. The number of ketones is 1. The Bertz CT molecular complexity index is 1750. The number of ether oxygens (including phenoxy) is 2. The molecule has 0 saturated heterocycles. The number of rotatable bonds is 10. The molecule has 0 spiro atoms. The van der Waals surface area contributed by atoms with Crippen LogP contribution < -0.4 is 9.47 Å². The number of carbonyl (C=O) groups is 1. The Kier molecular flexibility index (Phi) is 7.59. The summed E-state index contributed by atoms with van der Waals surface area (Å²) in [6.07, 6.45) is 3.01. The quantitative estimate of drug-likeness (QED) is 0.239. The highest BCUT2D eigenvalue weighted by molar-refractivity contribution is 7.90. The molecule has 2 aromatic heterocycles. The maximum Gasteiger partial charge on any atom is 0.268 e. The lowest BCUT2D eigenvalue weighted by Gasteiger charge is -2.16. The highest BCUT2D eigenvalue weighted by Crippen LogP contribution is 2.32. The maximum absolute atomic E-state index is 14.2. The van der Waals surface area contributed by atoms with Crippen molar-refractivity contribution in [2.45, 2.75) is 25.0 Å². The number of benzene rings is 3. The minimum Gasteiger partial charge on any atom is -0.496 e. The van der Waals surface area contributed by atoms with Crippen LogP contribution in [0.2, 0.25) is 0 Å². The van der Waals surface area contributed by atoms with Crippen LogP contribution in [-0.4, -0.2) is 35.0 Å². The molecule has 2 heterocycles. The molecule has 0 bridgehead atoms. The molecule has 8 nitrogen and oxygen atoms in total. The van der Waals surface area contributed by atoms with Gasteiger partial charge in [-0.15, -0.1) is 0 Å². The molecule has 0 unspecified atom stereocenters. The van der Waals surface area contributed by atoms with Crippen molar-refractivity contribution < 1.29 is 27.8 Å². The first kappa shape index (κ1) is 27.0. The van der Waals surface area contributed by atoms with E-state index in [9.17, 15) is 18.3 Å². The molecule has 0 aliphatic rings. The molecule has 0 fully saturated rings. The third kappa shape index (κ3) is 5.16. The van der Waals surface area contributed by atoms with Gasteiger partial charge in [-0.1, -0.05) is 48.0 Å². The van der Waals surface area contributed by atoms with E-state index in [1.807, 2.05) is 37.3 Å². The summed E-state index contributed by atoms with van der Waals surface area (Å²) in [6, 6.07) is 25.8. The Balaban J connectivity index is 1.60. The number of nitrogens with zero attached hydrogens (tertiary/aromatic N) is 2. The molecular formula is C31H28N2O6S. The van der Waals surface area contributed by atoms with E-state index in [1.165, 1.54) is 25.4 Å². The number of aliphatic hydroxyl groups excluding tert-OH is 1. The van der Waals surface area contributed by atoms with Crippen molar-refractivity contribution in [2.24, 2.45) is 0 Å². The third-order valence-electron chi connectivity index (χ3n) is 6.54. The second kappa shape index (κ2) is 11.3. The van der Waals surface area contributed by atoms with E-state index in [-0.39, 0.29) is 28.5 Å². The molecule has 5 rings (SSSR count). The zero-order valence-electron chi connectivity index (χ0n) is 22.0. The molecule has 0 radical (unpaired) electrons. The smallest absolute Gasteiger partial charge is 0.268 e. The molecule has 204 valence electrons. The van der Waals surface area contributed by atoms with Crippen molar-refractivity contribution in [2.75, 3.05) is 7.11 Å². The van der Waals surface area contributed by atoms with E-state index in [0.29, 0.717) is 23.7 Å². The maximum atomic E-state index is 14.2. The van der Waals surface area contributed by atoms with Crippen LogP contribution in [0.5, 0.6) is 11.5 Å². The van der Waals surface area contributed by atoms with E-state index in [1.54, 1.807) is 59.3 Å². The van der Waals surface area contributed by atoms with Gasteiger partial charge >= 0.3 is 0 Å². The number of hydrogen-bond donors (Lipinski definition) is 1. The Labute approximate surface area is 232 Å². The standard InChI is InChI=1S/C31H28N2O6S/c1-22-10-13-26(14-11-22)40(36,37)33-18-16-28(32-17-6-9-24(32)20-34)30(33)31(35)27-15-12-25(19-29(27)38-2)39-21-23-7-4-3-5-8-23/h3-19,34H,20-21H2,1-2H3. The van der Waals surface area contributed by atoms with Gasteiger partial charge in [0.2, 0.25) is 5.78 Å².